The van der Waals surface area contributed by atoms with E-state index in [1.54, 1.807) is 32.3 Å². The zero-order valence-electron chi connectivity index (χ0n) is 15.5. The Morgan fingerprint density at radius 3 is 2.63 bits per heavy atom. The van der Waals surface area contributed by atoms with Gasteiger partial charge in [-0.05, 0) is 44.5 Å². The van der Waals surface area contributed by atoms with Gasteiger partial charge in [-0.25, -0.2) is 17.4 Å². The smallest absolute Gasteiger partial charge is 0.241 e. The maximum absolute atomic E-state index is 12.7. The molecule has 0 fully saturated rings. The molecule has 0 saturated carbocycles. The molecule has 1 aromatic carbocycles. The number of rotatable bonds is 6. The first-order valence-electron chi connectivity index (χ1n) is 8.62. The molecular formula is C18H23N5O3S. The molecule has 27 heavy (non-hydrogen) atoms. The van der Waals surface area contributed by atoms with Crippen molar-refractivity contribution >= 4 is 32.7 Å². The Bertz CT molecular complexity index is 1090. The number of anilines is 2. The Morgan fingerprint density at radius 1 is 1.26 bits per heavy atom. The second-order valence-corrected chi connectivity index (χ2v) is 8.85. The number of nitrogens with zero attached hydrogens (tertiary/aromatic N) is 3. The third kappa shape index (κ3) is 3.55. The molecule has 0 spiro atoms. The third-order valence-corrected chi connectivity index (χ3v) is 6.33. The molecule has 0 aliphatic rings. The lowest BCUT2D eigenvalue weighted by molar-refractivity contribution is 0.344. The highest BCUT2D eigenvalue weighted by atomic mass is 32.2. The summed E-state index contributed by atoms with van der Waals surface area (Å²) in [6, 6.07) is 5.46. The van der Waals surface area contributed by atoms with E-state index in [0.29, 0.717) is 35.7 Å². The van der Waals surface area contributed by atoms with Gasteiger partial charge in [0.25, 0.3) is 0 Å². The van der Waals surface area contributed by atoms with Gasteiger partial charge in [0.05, 0.1) is 17.4 Å². The molecule has 0 saturated heterocycles. The van der Waals surface area contributed by atoms with Gasteiger partial charge < -0.3 is 16.2 Å². The SMILES string of the molecule is CCOc1cc(Cc2cnc(N)nc2N)cc2c1ccn2S(=O)(=O)C(C)C. The molecule has 0 radical (unpaired) electrons. The van der Waals surface area contributed by atoms with Gasteiger partial charge in [-0.3, -0.25) is 0 Å². The van der Waals surface area contributed by atoms with Gasteiger partial charge in [0.1, 0.15) is 11.6 Å². The molecule has 2 aromatic heterocycles. The van der Waals surface area contributed by atoms with Crippen LogP contribution < -0.4 is 16.2 Å². The fourth-order valence-corrected chi connectivity index (χ4v) is 3.97. The standard InChI is InChI=1S/C18H23N5O3S/c1-4-26-16-9-12(7-13-10-21-18(20)22-17(13)19)8-15-14(16)5-6-23(15)27(24,25)11(2)3/h5-6,8-11H,4,7H2,1-3H3,(H4,19,20,21,22). The van der Waals surface area contributed by atoms with Crippen LogP contribution in [-0.2, 0) is 16.4 Å². The number of benzene rings is 1. The first-order chi connectivity index (χ1) is 12.7. The van der Waals surface area contributed by atoms with Crippen LogP contribution >= 0.6 is 0 Å². The van der Waals surface area contributed by atoms with E-state index in [-0.39, 0.29) is 5.95 Å². The average Bonchev–Trinajstić information content (AvgIpc) is 3.02. The molecular weight excluding hydrogens is 366 g/mol. The number of hydrogen-bond donors (Lipinski definition) is 2. The Morgan fingerprint density at radius 2 is 2.00 bits per heavy atom. The van der Waals surface area contributed by atoms with Crippen molar-refractivity contribution in [2.24, 2.45) is 0 Å². The molecule has 0 aliphatic heterocycles. The second-order valence-electron chi connectivity index (χ2n) is 6.48. The number of nitrogens with two attached hydrogens (primary N) is 2. The highest BCUT2D eigenvalue weighted by Gasteiger charge is 2.22. The van der Waals surface area contributed by atoms with E-state index in [9.17, 15) is 8.42 Å². The Balaban J connectivity index is 2.16. The fourth-order valence-electron chi connectivity index (χ4n) is 2.86. The number of hydrogen-bond acceptors (Lipinski definition) is 7. The lowest BCUT2D eigenvalue weighted by Crippen LogP contribution is -2.21. The minimum atomic E-state index is -3.50. The molecule has 0 bridgehead atoms. The summed E-state index contributed by atoms with van der Waals surface area (Å²) in [5, 5.41) is 0.194. The van der Waals surface area contributed by atoms with Crippen molar-refractivity contribution < 1.29 is 13.2 Å². The van der Waals surface area contributed by atoms with Crippen molar-refractivity contribution in [2.45, 2.75) is 32.4 Å². The van der Waals surface area contributed by atoms with Crippen molar-refractivity contribution in [1.29, 1.82) is 0 Å². The summed E-state index contributed by atoms with van der Waals surface area (Å²) in [6.45, 7) is 5.65. The van der Waals surface area contributed by atoms with Gasteiger partial charge in [-0.2, -0.15) is 4.98 Å². The predicted octanol–water partition coefficient (Wildman–Crippen LogP) is 2.17. The van der Waals surface area contributed by atoms with Crippen LogP contribution in [0.5, 0.6) is 5.75 Å². The maximum atomic E-state index is 12.7. The molecule has 2 heterocycles. The summed E-state index contributed by atoms with van der Waals surface area (Å²) >= 11 is 0. The summed E-state index contributed by atoms with van der Waals surface area (Å²) in [5.41, 5.74) is 13.6. The van der Waals surface area contributed by atoms with Crippen molar-refractivity contribution in [1.82, 2.24) is 13.9 Å². The first kappa shape index (κ1) is 19.0. The van der Waals surface area contributed by atoms with Crippen LogP contribution in [0.3, 0.4) is 0 Å². The van der Waals surface area contributed by atoms with E-state index in [4.69, 9.17) is 16.2 Å². The van der Waals surface area contributed by atoms with E-state index in [1.807, 2.05) is 19.1 Å². The molecule has 8 nitrogen and oxygen atoms in total. The molecule has 144 valence electrons. The zero-order chi connectivity index (χ0) is 19.8. The largest absolute Gasteiger partial charge is 0.493 e. The van der Waals surface area contributed by atoms with Gasteiger partial charge >= 0.3 is 0 Å². The number of aromatic nitrogens is 3. The van der Waals surface area contributed by atoms with Gasteiger partial charge in [-0.15, -0.1) is 0 Å². The van der Waals surface area contributed by atoms with E-state index in [2.05, 4.69) is 9.97 Å². The van der Waals surface area contributed by atoms with Crippen molar-refractivity contribution in [3.63, 3.8) is 0 Å². The third-order valence-electron chi connectivity index (χ3n) is 4.28. The average molecular weight is 389 g/mol. The van der Waals surface area contributed by atoms with Gasteiger partial charge in [0, 0.05) is 29.8 Å². The van der Waals surface area contributed by atoms with Crippen molar-refractivity contribution in [2.75, 3.05) is 18.1 Å². The van der Waals surface area contributed by atoms with Gasteiger partial charge in [-0.1, -0.05) is 0 Å². The van der Waals surface area contributed by atoms with Crippen LogP contribution in [0.15, 0.2) is 30.6 Å². The van der Waals surface area contributed by atoms with Gasteiger partial charge in [0.15, 0.2) is 0 Å². The normalized spacial score (nSPS) is 12.0. The van der Waals surface area contributed by atoms with E-state index >= 15 is 0 Å². The zero-order valence-corrected chi connectivity index (χ0v) is 16.3. The lowest BCUT2D eigenvalue weighted by Gasteiger charge is -2.13. The Kier molecular flexibility index (Phi) is 4.97. The van der Waals surface area contributed by atoms with Crippen LogP contribution in [0.25, 0.3) is 10.9 Å². The number of fused-ring (bicyclic) bond motifs is 1. The Labute approximate surface area is 158 Å². The predicted molar refractivity (Wildman–Crippen MR) is 106 cm³/mol. The monoisotopic (exact) mass is 389 g/mol. The summed E-state index contributed by atoms with van der Waals surface area (Å²) in [6.07, 6.45) is 3.56. The van der Waals surface area contributed by atoms with Crippen LogP contribution in [0.2, 0.25) is 0 Å². The molecule has 4 N–H and O–H groups in total. The number of ether oxygens (including phenoxy) is 1. The van der Waals surface area contributed by atoms with E-state index in [0.717, 1.165) is 10.9 Å². The Hall–Kier alpha value is -2.81. The quantitative estimate of drug-likeness (QED) is 0.661. The summed E-state index contributed by atoms with van der Waals surface area (Å²) in [4.78, 5) is 7.95. The van der Waals surface area contributed by atoms with Crippen LogP contribution in [0, 0.1) is 0 Å². The molecule has 0 amide bonds. The molecule has 0 atom stereocenters. The highest BCUT2D eigenvalue weighted by molar-refractivity contribution is 7.90. The number of nitrogen functional groups attached to an aromatic ring is 2. The minimum absolute atomic E-state index is 0.110. The van der Waals surface area contributed by atoms with Crippen LogP contribution in [0.4, 0.5) is 11.8 Å². The molecule has 0 unspecified atom stereocenters. The summed E-state index contributed by atoms with van der Waals surface area (Å²) in [5.74, 6) is 1.03. The second kappa shape index (κ2) is 7.07. The highest BCUT2D eigenvalue weighted by Crippen LogP contribution is 2.31. The van der Waals surface area contributed by atoms with Crippen molar-refractivity contribution in [3.05, 3.63) is 41.7 Å². The minimum Gasteiger partial charge on any atom is -0.493 e. The van der Waals surface area contributed by atoms with E-state index < -0.39 is 15.3 Å². The molecule has 9 heteroatoms. The van der Waals surface area contributed by atoms with E-state index in [1.165, 1.54) is 3.97 Å². The summed E-state index contributed by atoms with van der Waals surface area (Å²) < 4.78 is 32.5. The molecule has 0 aliphatic carbocycles. The van der Waals surface area contributed by atoms with Gasteiger partial charge in [0.2, 0.25) is 16.0 Å². The molecule has 3 rings (SSSR count). The molecule has 3 aromatic rings. The van der Waals surface area contributed by atoms with Crippen LogP contribution in [-0.4, -0.2) is 34.2 Å². The first-order valence-corrected chi connectivity index (χ1v) is 10.1. The topological polar surface area (TPSA) is 126 Å². The van der Waals surface area contributed by atoms with Crippen LogP contribution in [0.1, 0.15) is 31.9 Å². The van der Waals surface area contributed by atoms with Crippen molar-refractivity contribution in [3.8, 4) is 5.75 Å². The fraction of sp³-hybridized carbons (Fsp3) is 0.333. The lowest BCUT2D eigenvalue weighted by atomic mass is 10.0. The summed E-state index contributed by atoms with van der Waals surface area (Å²) in [7, 11) is -3.50. The maximum Gasteiger partial charge on any atom is 0.241 e.